The van der Waals surface area contributed by atoms with Crippen molar-refractivity contribution in [3.05, 3.63) is 50.6 Å². The monoisotopic (exact) mass is 311 g/mol. The number of nitrogens with two attached hydrogens (primary N) is 1. The lowest BCUT2D eigenvalue weighted by molar-refractivity contribution is 0.414. The average Bonchev–Trinajstić information content (AvgIpc) is 2.75. The lowest BCUT2D eigenvalue weighted by atomic mass is 10.0. The van der Waals surface area contributed by atoms with Gasteiger partial charge in [0.2, 0.25) is 0 Å². The Morgan fingerprint density at radius 1 is 1.41 bits per heavy atom. The maximum atomic E-state index is 6.21. The van der Waals surface area contributed by atoms with Crippen LogP contribution >= 0.6 is 27.3 Å². The van der Waals surface area contributed by atoms with Crippen molar-refractivity contribution in [2.75, 3.05) is 7.11 Å². The van der Waals surface area contributed by atoms with E-state index in [0.717, 1.165) is 22.2 Å². The summed E-state index contributed by atoms with van der Waals surface area (Å²) in [7, 11) is 1.67. The summed E-state index contributed by atoms with van der Waals surface area (Å²) in [6.45, 7) is 0. The molecule has 1 aromatic carbocycles. The number of halogens is 1. The second kappa shape index (κ2) is 5.67. The fourth-order valence-electron chi connectivity index (χ4n) is 1.66. The summed E-state index contributed by atoms with van der Waals surface area (Å²) >= 11 is 5.25. The molecule has 0 amide bonds. The lowest BCUT2D eigenvalue weighted by Crippen LogP contribution is -2.12. The molecule has 90 valence electrons. The van der Waals surface area contributed by atoms with E-state index in [2.05, 4.69) is 27.4 Å². The van der Waals surface area contributed by atoms with Crippen LogP contribution in [0, 0.1) is 0 Å². The predicted molar refractivity (Wildman–Crippen MR) is 75.6 cm³/mol. The minimum absolute atomic E-state index is 0.0000463. The third-order valence-corrected chi connectivity index (χ3v) is 4.57. The predicted octanol–water partition coefficient (Wildman–Crippen LogP) is 3.76. The van der Waals surface area contributed by atoms with E-state index >= 15 is 0 Å². The van der Waals surface area contributed by atoms with Crippen LogP contribution in [0.15, 0.2) is 40.2 Å². The Morgan fingerprint density at radius 2 is 2.24 bits per heavy atom. The van der Waals surface area contributed by atoms with Crippen LogP contribution in [0.3, 0.4) is 0 Å². The van der Waals surface area contributed by atoms with Crippen LogP contribution in [0.25, 0.3) is 0 Å². The Kier molecular flexibility index (Phi) is 4.20. The topological polar surface area (TPSA) is 35.2 Å². The van der Waals surface area contributed by atoms with Crippen molar-refractivity contribution < 1.29 is 4.74 Å². The van der Waals surface area contributed by atoms with E-state index < -0.39 is 0 Å². The van der Waals surface area contributed by atoms with E-state index in [-0.39, 0.29) is 6.04 Å². The molecule has 1 atom stereocenters. The Hall–Kier alpha value is -0.840. The van der Waals surface area contributed by atoms with Gasteiger partial charge in [0, 0.05) is 21.8 Å². The summed E-state index contributed by atoms with van der Waals surface area (Å²) in [5.74, 6) is 0.850. The van der Waals surface area contributed by atoms with Gasteiger partial charge >= 0.3 is 0 Å². The summed E-state index contributed by atoms with van der Waals surface area (Å²) in [5, 5.41) is 2.07. The molecule has 17 heavy (non-hydrogen) atoms. The smallest absolute Gasteiger partial charge is 0.119 e. The van der Waals surface area contributed by atoms with E-state index in [1.165, 1.54) is 4.88 Å². The first-order valence-electron chi connectivity index (χ1n) is 5.32. The fourth-order valence-corrected chi connectivity index (χ4v) is 3.23. The van der Waals surface area contributed by atoms with Gasteiger partial charge in [-0.2, -0.15) is 0 Å². The number of hydrogen-bond acceptors (Lipinski definition) is 3. The van der Waals surface area contributed by atoms with Gasteiger partial charge in [-0.1, -0.05) is 12.1 Å². The number of thiophene rings is 1. The van der Waals surface area contributed by atoms with Crippen molar-refractivity contribution in [1.82, 2.24) is 0 Å². The zero-order chi connectivity index (χ0) is 12.3. The quantitative estimate of drug-likeness (QED) is 0.933. The molecule has 0 aliphatic carbocycles. The summed E-state index contributed by atoms with van der Waals surface area (Å²) in [6.07, 6.45) is 0.839. The van der Waals surface area contributed by atoms with E-state index in [9.17, 15) is 0 Å². The molecule has 0 bridgehead atoms. The second-order valence-corrected chi connectivity index (χ2v) is 5.63. The summed E-state index contributed by atoms with van der Waals surface area (Å²) < 4.78 is 6.34. The normalized spacial score (nSPS) is 12.4. The molecule has 0 radical (unpaired) electrons. The van der Waals surface area contributed by atoms with Gasteiger partial charge in [-0.25, -0.2) is 0 Å². The number of ether oxygens (including phenoxy) is 1. The Morgan fingerprint density at radius 3 is 2.88 bits per heavy atom. The highest BCUT2D eigenvalue weighted by Crippen LogP contribution is 2.28. The molecule has 1 heterocycles. The van der Waals surface area contributed by atoms with Gasteiger partial charge in [-0.15, -0.1) is 11.3 Å². The fraction of sp³-hybridized carbons (Fsp3) is 0.231. The lowest BCUT2D eigenvalue weighted by Gasteiger charge is -2.12. The zero-order valence-corrected chi connectivity index (χ0v) is 11.9. The Bertz CT molecular complexity index is 498. The molecule has 1 aromatic heterocycles. The van der Waals surface area contributed by atoms with E-state index in [4.69, 9.17) is 10.5 Å². The van der Waals surface area contributed by atoms with Crippen LogP contribution in [0.4, 0.5) is 0 Å². The molecule has 0 fully saturated rings. The average molecular weight is 312 g/mol. The van der Waals surface area contributed by atoms with Crippen LogP contribution in [0.2, 0.25) is 0 Å². The van der Waals surface area contributed by atoms with Crippen LogP contribution in [0.1, 0.15) is 16.5 Å². The number of hydrogen-bond donors (Lipinski definition) is 1. The number of benzene rings is 1. The van der Waals surface area contributed by atoms with Crippen LogP contribution < -0.4 is 10.5 Å². The molecule has 2 N–H and O–H groups in total. The first-order chi connectivity index (χ1) is 8.20. The van der Waals surface area contributed by atoms with Crippen molar-refractivity contribution >= 4 is 27.3 Å². The van der Waals surface area contributed by atoms with Crippen molar-refractivity contribution in [1.29, 1.82) is 0 Å². The van der Waals surface area contributed by atoms with Gasteiger partial charge in [-0.3, -0.25) is 0 Å². The maximum Gasteiger partial charge on any atom is 0.119 e. The van der Waals surface area contributed by atoms with E-state index in [1.807, 2.05) is 24.3 Å². The van der Waals surface area contributed by atoms with Crippen molar-refractivity contribution in [2.24, 2.45) is 5.73 Å². The van der Waals surface area contributed by atoms with Crippen molar-refractivity contribution in [2.45, 2.75) is 12.5 Å². The molecule has 2 aromatic rings. The van der Waals surface area contributed by atoms with Crippen molar-refractivity contribution in [3.8, 4) is 5.75 Å². The van der Waals surface area contributed by atoms with E-state index in [0.29, 0.717) is 0 Å². The van der Waals surface area contributed by atoms with Gasteiger partial charge in [0.15, 0.2) is 0 Å². The second-order valence-electron chi connectivity index (χ2n) is 3.78. The van der Waals surface area contributed by atoms with Gasteiger partial charge < -0.3 is 10.5 Å². The zero-order valence-electron chi connectivity index (χ0n) is 9.52. The third kappa shape index (κ3) is 3.09. The highest BCUT2D eigenvalue weighted by molar-refractivity contribution is 9.10. The number of rotatable bonds is 4. The van der Waals surface area contributed by atoms with Crippen LogP contribution in [-0.2, 0) is 6.42 Å². The molecule has 0 saturated heterocycles. The summed E-state index contributed by atoms with van der Waals surface area (Å²) in [6, 6.07) is 9.98. The van der Waals surface area contributed by atoms with Crippen LogP contribution in [0.5, 0.6) is 5.75 Å². The van der Waals surface area contributed by atoms with Gasteiger partial charge in [-0.05, 0) is 45.1 Å². The minimum atomic E-state index is 0.0000463. The molecule has 0 saturated carbocycles. The highest BCUT2D eigenvalue weighted by Gasteiger charge is 2.11. The summed E-state index contributed by atoms with van der Waals surface area (Å²) in [5.41, 5.74) is 7.31. The molecule has 0 aliphatic heterocycles. The molecular formula is C13H14BrNOS. The molecule has 0 spiro atoms. The van der Waals surface area contributed by atoms with Gasteiger partial charge in [0.05, 0.1) is 7.11 Å². The molecule has 1 unspecified atom stereocenters. The molecular weight excluding hydrogens is 298 g/mol. The Balaban J connectivity index is 2.14. The van der Waals surface area contributed by atoms with Crippen molar-refractivity contribution in [3.63, 3.8) is 0 Å². The first-order valence-corrected chi connectivity index (χ1v) is 6.99. The molecule has 2 rings (SSSR count). The number of methoxy groups -OCH3 is 1. The third-order valence-electron chi connectivity index (χ3n) is 2.62. The first kappa shape index (κ1) is 12.6. The Labute approximate surface area is 114 Å². The van der Waals surface area contributed by atoms with Gasteiger partial charge in [0.25, 0.3) is 0 Å². The molecule has 4 heteroatoms. The van der Waals surface area contributed by atoms with Gasteiger partial charge in [0.1, 0.15) is 5.75 Å². The maximum absolute atomic E-state index is 6.21. The largest absolute Gasteiger partial charge is 0.497 e. The van der Waals surface area contributed by atoms with Crippen LogP contribution in [-0.4, -0.2) is 7.11 Å². The SMILES string of the molecule is COc1cccc(C(N)Cc2sccc2Br)c1. The summed E-state index contributed by atoms with van der Waals surface area (Å²) in [4.78, 5) is 1.28. The standard InChI is InChI=1S/C13H14BrNOS/c1-16-10-4-2-3-9(7-10)12(15)8-13-11(14)5-6-17-13/h2-7,12H,8,15H2,1H3. The molecule has 2 nitrogen and oxygen atoms in total. The molecule has 0 aliphatic rings. The minimum Gasteiger partial charge on any atom is -0.497 e. The van der Waals surface area contributed by atoms with E-state index in [1.54, 1.807) is 18.4 Å². The highest BCUT2D eigenvalue weighted by atomic mass is 79.9.